The number of rotatable bonds is 6. The number of methoxy groups -OCH3 is 1. The summed E-state index contributed by atoms with van der Waals surface area (Å²) in [6.45, 7) is 2.10. The Bertz CT molecular complexity index is 791. The molecule has 0 aliphatic heterocycles. The van der Waals surface area contributed by atoms with Crippen molar-refractivity contribution in [1.82, 2.24) is 9.71 Å². The summed E-state index contributed by atoms with van der Waals surface area (Å²) in [6, 6.07) is 3.87. The number of hydrogen-bond donors (Lipinski definition) is 1. The predicted molar refractivity (Wildman–Crippen MR) is 88.5 cm³/mol. The van der Waals surface area contributed by atoms with Crippen LogP contribution in [-0.4, -0.2) is 33.0 Å². The molecule has 6 nitrogen and oxygen atoms in total. The number of hydrogen-bond acceptors (Lipinski definition) is 6. The first-order chi connectivity index (χ1) is 10.8. The maximum atomic E-state index is 12.3. The minimum absolute atomic E-state index is 0.0125. The SMILES string of the molecule is COC(=O)c1ccc(S(=O)(=O)NCC(C)c2nccs2)cc1Cl. The highest BCUT2D eigenvalue weighted by atomic mass is 35.5. The standard InChI is InChI=1S/C14H15ClN2O4S2/c1-9(13-16-5-6-22-13)8-17-23(19,20)10-3-4-11(12(15)7-10)14(18)21-2/h3-7,9,17H,8H2,1-2H3. The van der Waals surface area contributed by atoms with Crippen LogP contribution >= 0.6 is 22.9 Å². The van der Waals surface area contributed by atoms with Gasteiger partial charge in [0.1, 0.15) is 0 Å². The van der Waals surface area contributed by atoms with E-state index in [1.165, 1.54) is 36.6 Å². The van der Waals surface area contributed by atoms with Gasteiger partial charge >= 0.3 is 5.97 Å². The van der Waals surface area contributed by atoms with Gasteiger partial charge < -0.3 is 4.74 Å². The third kappa shape index (κ3) is 4.29. The van der Waals surface area contributed by atoms with Crippen molar-refractivity contribution in [3.8, 4) is 0 Å². The summed E-state index contributed by atoms with van der Waals surface area (Å²) in [7, 11) is -2.50. The number of sulfonamides is 1. The fourth-order valence-electron chi connectivity index (χ4n) is 1.82. The molecule has 1 unspecified atom stereocenters. The van der Waals surface area contributed by atoms with E-state index in [1.54, 1.807) is 6.20 Å². The Kier molecular flexibility index (Phi) is 5.74. The molecule has 1 heterocycles. The number of nitrogens with one attached hydrogen (secondary N) is 1. The number of benzene rings is 1. The monoisotopic (exact) mass is 374 g/mol. The molecule has 23 heavy (non-hydrogen) atoms. The maximum Gasteiger partial charge on any atom is 0.339 e. The second-order valence-electron chi connectivity index (χ2n) is 4.76. The first-order valence-corrected chi connectivity index (χ1v) is 9.36. The number of carbonyl (C=O) groups is 1. The molecule has 0 saturated heterocycles. The molecule has 1 aromatic heterocycles. The Morgan fingerprint density at radius 1 is 1.48 bits per heavy atom. The van der Waals surface area contributed by atoms with Gasteiger partial charge in [-0.05, 0) is 18.2 Å². The van der Waals surface area contributed by atoms with Gasteiger partial charge in [0, 0.05) is 24.0 Å². The largest absolute Gasteiger partial charge is 0.465 e. The van der Waals surface area contributed by atoms with Gasteiger partial charge in [-0.2, -0.15) is 0 Å². The number of aromatic nitrogens is 1. The lowest BCUT2D eigenvalue weighted by atomic mass is 10.2. The van der Waals surface area contributed by atoms with E-state index in [0.717, 1.165) is 5.01 Å². The molecule has 0 saturated carbocycles. The summed E-state index contributed by atoms with van der Waals surface area (Å²) >= 11 is 7.42. The first-order valence-electron chi connectivity index (χ1n) is 6.62. The lowest BCUT2D eigenvalue weighted by Gasteiger charge is -2.11. The summed E-state index contributed by atoms with van der Waals surface area (Å²) in [5.74, 6) is -0.668. The highest BCUT2D eigenvalue weighted by Crippen LogP contribution is 2.22. The first kappa shape index (κ1) is 17.9. The highest BCUT2D eigenvalue weighted by molar-refractivity contribution is 7.89. The number of ether oxygens (including phenoxy) is 1. The molecular weight excluding hydrogens is 360 g/mol. The van der Waals surface area contributed by atoms with Gasteiger partial charge in [0.05, 0.1) is 27.6 Å². The predicted octanol–water partition coefficient (Wildman–Crippen LogP) is 2.67. The van der Waals surface area contributed by atoms with Crippen LogP contribution in [0.15, 0.2) is 34.7 Å². The van der Waals surface area contributed by atoms with Gasteiger partial charge in [-0.15, -0.1) is 11.3 Å². The zero-order valence-electron chi connectivity index (χ0n) is 12.4. The molecule has 1 N–H and O–H groups in total. The van der Waals surface area contributed by atoms with Crippen LogP contribution in [0.25, 0.3) is 0 Å². The van der Waals surface area contributed by atoms with Crippen LogP contribution in [0.2, 0.25) is 5.02 Å². The lowest BCUT2D eigenvalue weighted by molar-refractivity contribution is 0.0601. The summed E-state index contributed by atoms with van der Waals surface area (Å²) < 4.78 is 31.7. The Morgan fingerprint density at radius 3 is 2.78 bits per heavy atom. The molecular formula is C14H15ClN2O4S2. The van der Waals surface area contributed by atoms with Crippen LogP contribution in [0.3, 0.4) is 0 Å². The van der Waals surface area contributed by atoms with Crippen molar-refractivity contribution in [3.05, 3.63) is 45.4 Å². The average molecular weight is 375 g/mol. The quantitative estimate of drug-likeness (QED) is 0.785. The van der Waals surface area contributed by atoms with Crippen molar-refractivity contribution < 1.29 is 17.9 Å². The number of thiazole rings is 1. The van der Waals surface area contributed by atoms with Crippen LogP contribution in [0.4, 0.5) is 0 Å². The summed E-state index contributed by atoms with van der Waals surface area (Å²) in [6.07, 6.45) is 1.68. The third-order valence-corrected chi connectivity index (χ3v) is 5.85. The van der Waals surface area contributed by atoms with Gasteiger partial charge in [0.25, 0.3) is 0 Å². The number of carbonyl (C=O) groups excluding carboxylic acids is 1. The Labute approximate surface area is 143 Å². The van der Waals surface area contributed by atoms with Gasteiger partial charge in [-0.25, -0.2) is 22.9 Å². The molecule has 9 heteroatoms. The molecule has 1 atom stereocenters. The summed E-state index contributed by atoms with van der Waals surface area (Å²) in [5.41, 5.74) is 0.115. The molecule has 0 aliphatic carbocycles. The molecule has 0 bridgehead atoms. The van der Waals surface area contributed by atoms with Gasteiger partial charge in [0.15, 0.2) is 0 Å². The number of nitrogens with zero attached hydrogens (tertiary/aromatic N) is 1. The van der Waals surface area contributed by atoms with E-state index in [0.29, 0.717) is 0 Å². The molecule has 124 valence electrons. The van der Waals surface area contributed by atoms with Crippen molar-refractivity contribution >= 4 is 38.9 Å². The zero-order valence-corrected chi connectivity index (χ0v) is 14.8. The van der Waals surface area contributed by atoms with E-state index in [2.05, 4.69) is 14.4 Å². The van der Waals surface area contributed by atoms with Gasteiger partial charge in [-0.3, -0.25) is 0 Å². The molecule has 0 fully saturated rings. The average Bonchev–Trinajstić information content (AvgIpc) is 3.06. The molecule has 0 spiro atoms. The van der Waals surface area contributed by atoms with E-state index in [-0.39, 0.29) is 27.9 Å². The van der Waals surface area contributed by atoms with Gasteiger partial charge in [0.2, 0.25) is 10.0 Å². The van der Waals surface area contributed by atoms with E-state index in [4.69, 9.17) is 11.6 Å². The molecule has 2 rings (SSSR count). The second-order valence-corrected chi connectivity index (χ2v) is 7.86. The van der Waals surface area contributed by atoms with Crippen molar-refractivity contribution in [2.45, 2.75) is 17.7 Å². The van der Waals surface area contributed by atoms with Crippen molar-refractivity contribution in [1.29, 1.82) is 0 Å². The Balaban J connectivity index is 2.13. The van der Waals surface area contributed by atoms with Crippen LogP contribution in [0.5, 0.6) is 0 Å². The fourth-order valence-corrected chi connectivity index (χ4v) is 4.00. The van der Waals surface area contributed by atoms with Crippen LogP contribution in [0.1, 0.15) is 28.2 Å². The topological polar surface area (TPSA) is 85.4 Å². The minimum Gasteiger partial charge on any atom is -0.465 e. The number of halogens is 1. The highest BCUT2D eigenvalue weighted by Gasteiger charge is 2.19. The molecule has 1 aromatic carbocycles. The molecule has 0 radical (unpaired) electrons. The normalized spacial score (nSPS) is 12.8. The van der Waals surface area contributed by atoms with Crippen LogP contribution in [0, 0.1) is 0 Å². The smallest absolute Gasteiger partial charge is 0.339 e. The Hall–Kier alpha value is -1.48. The van der Waals surface area contributed by atoms with Crippen LogP contribution < -0.4 is 4.72 Å². The van der Waals surface area contributed by atoms with Crippen LogP contribution in [-0.2, 0) is 14.8 Å². The molecule has 0 aliphatic rings. The van der Waals surface area contributed by atoms with Crippen molar-refractivity contribution in [2.24, 2.45) is 0 Å². The molecule has 0 amide bonds. The van der Waals surface area contributed by atoms with E-state index in [9.17, 15) is 13.2 Å². The Morgan fingerprint density at radius 2 is 2.22 bits per heavy atom. The van der Waals surface area contributed by atoms with E-state index >= 15 is 0 Å². The zero-order chi connectivity index (χ0) is 17.0. The van der Waals surface area contributed by atoms with Crippen molar-refractivity contribution in [2.75, 3.05) is 13.7 Å². The van der Waals surface area contributed by atoms with Crippen molar-refractivity contribution in [3.63, 3.8) is 0 Å². The molecule has 2 aromatic rings. The lowest BCUT2D eigenvalue weighted by Crippen LogP contribution is -2.27. The van der Waals surface area contributed by atoms with E-state index < -0.39 is 16.0 Å². The number of esters is 1. The minimum atomic E-state index is -3.73. The second kappa shape index (κ2) is 7.39. The van der Waals surface area contributed by atoms with E-state index in [1.807, 2.05) is 12.3 Å². The fraction of sp³-hybridized carbons (Fsp3) is 0.286. The maximum absolute atomic E-state index is 12.3. The summed E-state index contributed by atoms with van der Waals surface area (Å²) in [5, 5.41) is 2.71. The third-order valence-electron chi connectivity index (χ3n) is 3.11. The summed E-state index contributed by atoms with van der Waals surface area (Å²) in [4.78, 5) is 15.6. The van der Waals surface area contributed by atoms with Gasteiger partial charge in [-0.1, -0.05) is 18.5 Å².